The van der Waals surface area contributed by atoms with Crippen LogP contribution in [0.5, 0.6) is 0 Å². The van der Waals surface area contributed by atoms with E-state index in [1.165, 1.54) is 38.5 Å². The molecule has 38 heavy (non-hydrogen) atoms. The summed E-state index contributed by atoms with van der Waals surface area (Å²) in [5.74, 6) is 1.15. The summed E-state index contributed by atoms with van der Waals surface area (Å²) in [5.41, 5.74) is 5.13. The van der Waals surface area contributed by atoms with E-state index in [9.17, 15) is 4.79 Å². The first-order chi connectivity index (χ1) is 18.7. The molecule has 0 bridgehead atoms. The SMILES string of the molecule is CCCCc1cn(C2CCCCCC2CCC)c(=O)n1Cc1cc(-c2cccc(-c3nn[nH]n3)c2)ccn1. The van der Waals surface area contributed by atoms with Crippen LogP contribution < -0.4 is 5.69 Å². The highest BCUT2D eigenvalue weighted by atomic mass is 16.1. The average Bonchev–Trinajstić information content (AvgIpc) is 3.52. The maximum Gasteiger partial charge on any atom is 0.328 e. The third kappa shape index (κ3) is 5.79. The van der Waals surface area contributed by atoms with E-state index < -0.39 is 0 Å². The van der Waals surface area contributed by atoms with Gasteiger partial charge in [-0.3, -0.25) is 14.1 Å². The Morgan fingerprint density at radius 3 is 2.66 bits per heavy atom. The van der Waals surface area contributed by atoms with Crippen molar-refractivity contribution >= 4 is 0 Å². The van der Waals surface area contributed by atoms with Gasteiger partial charge in [-0.15, -0.1) is 10.2 Å². The number of hydrogen-bond donors (Lipinski definition) is 1. The Morgan fingerprint density at radius 2 is 1.84 bits per heavy atom. The fraction of sp³-hybridized carbons (Fsp3) is 0.500. The average molecular weight is 514 g/mol. The minimum Gasteiger partial charge on any atom is -0.296 e. The van der Waals surface area contributed by atoms with Crippen molar-refractivity contribution < 1.29 is 0 Å². The summed E-state index contributed by atoms with van der Waals surface area (Å²) in [6.45, 7) is 4.95. The summed E-state index contributed by atoms with van der Waals surface area (Å²) in [6.07, 6.45) is 15.6. The smallest absolute Gasteiger partial charge is 0.296 e. The molecule has 1 N–H and O–H groups in total. The normalized spacial score (nSPS) is 17.9. The number of nitrogens with one attached hydrogen (secondary N) is 1. The van der Waals surface area contributed by atoms with Crippen molar-refractivity contribution in [1.82, 2.24) is 34.7 Å². The van der Waals surface area contributed by atoms with E-state index >= 15 is 0 Å². The molecule has 1 aliphatic carbocycles. The first kappa shape index (κ1) is 26.1. The zero-order chi connectivity index (χ0) is 26.3. The third-order valence-electron chi connectivity index (χ3n) is 7.94. The van der Waals surface area contributed by atoms with Crippen molar-refractivity contribution in [1.29, 1.82) is 0 Å². The minimum absolute atomic E-state index is 0.121. The number of imidazole rings is 1. The van der Waals surface area contributed by atoms with Gasteiger partial charge in [0.1, 0.15) is 0 Å². The highest BCUT2D eigenvalue weighted by Crippen LogP contribution is 2.35. The first-order valence-corrected chi connectivity index (χ1v) is 14.3. The zero-order valence-electron chi connectivity index (χ0n) is 22.6. The van der Waals surface area contributed by atoms with Crippen LogP contribution in [0.4, 0.5) is 0 Å². The predicted octanol–water partition coefficient (Wildman–Crippen LogP) is 6.20. The minimum atomic E-state index is 0.121. The molecule has 0 amide bonds. The molecule has 1 fully saturated rings. The van der Waals surface area contributed by atoms with Crippen molar-refractivity contribution in [3.63, 3.8) is 0 Å². The largest absolute Gasteiger partial charge is 0.328 e. The number of benzene rings is 1. The van der Waals surface area contributed by atoms with Gasteiger partial charge in [0.25, 0.3) is 0 Å². The molecule has 8 heteroatoms. The fourth-order valence-electron chi connectivity index (χ4n) is 5.98. The lowest BCUT2D eigenvalue weighted by Crippen LogP contribution is -2.31. The van der Waals surface area contributed by atoms with Gasteiger partial charge in [0.05, 0.1) is 12.2 Å². The van der Waals surface area contributed by atoms with E-state index in [-0.39, 0.29) is 5.69 Å². The van der Waals surface area contributed by atoms with Crippen LogP contribution >= 0.6 is 0 Å². The van der Waals surface area contributed by atoms with Gasteiger partial charge in [-0.2, -0.15) is 5.21 Å². The maximum atomic E-state index is 13.9. The number of aryl methyl sites for hydroxylation is 1. The molecule has 0 saturated heterocycles. The van der Waals surface area contributed by atoms with Crippen LogP contribution in [0.2, 0.25) is 0 Å². The van der Waals surface area contributed by atoms with Crippen LogP contribution in [-0.4, -0.2) is 34.7 Å². The molecule has 0 spiro atoms. The first-order valence-electron chi connectivity index (χ1n) is 14.3. The van der Waals surface area contributed by atoms with Crippen molar-refractivity contribution in [2.24, 2.45) is 5.92 Å². The Balaban J connectivity index is 1.46. The molecule has 200 valence electrons. The van der Waals surface area contributed by atoms with Gasteiger partial charge in [0.15, 0.2) is 0 Å². The van der Waals surface area contributed by atoms with Gasteiger partial charge in [-0.25, -0.2) is 4.79 Å². The fourth-order valence-corrected chi connectivity index (χ4v) is 5.98. The van der Waals surface area contributed by atoms with E-state index in [0.29, 0.717) is 24.3 Å². The molecule has 4 aromatic rings. The number of aromatic nitrogens is 7. The molecule has 1 saturated carbocycles. The van der Waals surface area contributed by atoms with Gasteiger partial charge in [-0.05, 0) is 72.6 Å². The van der Waals surface area contributed by atoms with Crippen molar-refractivity contribution in [2.75, 3.05) is 0 Å². The maximum absolute atomic E-state index is 13.9. The number of unbranched alkanes of at least 4 members (excludes halogenated alkanes) is 1. The number of nitrogens with zero attached hydrogens (tertiary/aromatic N) is 6. The van der Waals surface area contributed by atoms with Crippen molar-refractivity contribution in [2.45, 2.75) is 90.6 Å². The molecule has 0 aliphatic heterocycles. The van der Waals surface area contributed by atoms with E-state index in [1.54, 1.807) is 0 Å². The monoisotopic (exact) mass is 513 g/mol. The standard InChI is InChI=1S/C30H39N7O/c1-3-5-14-27-21-37(28-15-8-6-7-11-22(28)10-4-2)30(38)36(27)20-26-19-24(16-17-31-26)23-12-9-13-25(18-23)29-32-34-35-33-29/h9,12-13,16-19,21-22,28H,3-8,10-11,14-15,20H2,1-2H3,(H,32,33,34,35). The van der Waals surface area contributed by atoms with Crippen molar-refractivity contribution in [3.05, 3.63) is 70.7 Å². The van der Waals surface area contributed by atoms with Crippen LogP contribution in [0, 0.1) is 5.92 Å². The quantitative estimate of drug-likeness (QED) is 0.255. The summed E-state index contributed by atoms with van der Waals surface area (Å²) in [7, 11) is 0. The Hall–Kier alpha value is -3.55. The van der Waals surface area contributed by atoms with Gasteiger partial charge < -0.3 is 0 Å². The molecule has 1 aliphatic rings. The predicted molar refractivity (Wildman–Crippen MR) is 150 cm³/mol. The number of aromatic amines is 1. The topological polar surface area (TPSA) is 94.3 Å². The Kier molecular flexibility index (Phi) is 8.46. The molecule has 3 aromatic heterocycles. The zero-order valence-corrected chi connectivity index (χ0v) is 22.6. The molecule has 1 aromatic carbocycles. The lowest BCUT2D eigenvalue weighted by molar-refractivity contribution is 0.284. The number of pyridine rings is 1. The summed E-state index contributed by atoms with van der Waals surface area (Å²) < 4.78 is 4.07. The Morgan fingerprint density at radius 1 is 1.00 bits per heavy atom. The summed E-state index contributed by atoms with van der Waals surface area (Å²) in [4.78, 5) is 18.6. The Labute approximate surface area is 224 Å². The molecule has 5 rings (SSSR count). The number of hydrogen-bond acceptors (Lipinski definition) is 5. The lowest BCUT2D eigenvalue weighted by Gasteiger charge is -2.25. The van der Waals surface area contributed by atoms with Crippen LogP contribution in [-0.2, 0) is 13.0 Å². The van der Waals surface area contributed by atoms with Gasteiger partial charge >= 0.3 is 5.69 Å². The van der Waals surface area contributed by atoms with E-state index in [2.05, 4.69) is 68.4 Å². The Bertz CT molecular complexity index is 1370. The second kappa shape index (κ2) is 12.3. The van der Waals surface area contributed by atoms with Crippen LogP contribution in [0.25, 0.3) is 22.5 Å². The molecule has 0 radical (unpaired) electrons. The summed E-state index contributed by atoms with van der Waals surface area (Å²) in [6, 6.07) is 12.5. The summed E-state index contributed by atoms with van der Waals surface area (Å²) in [5, 5.41) is 14.4. The lowest BCUT2D eigenvalue weighted by atomic mass is 9.90. The third-order valence-corrected chi connectivity index (χ3v) is 7.94. The van der Waals surface area contributed by atoms with Gasteiger partial charge in [-0.1, -0.05) is 64.2 Å². The number of H-pyrrole nitrogens is 1. The summed E-state index contributed by atoms with van der Waals surface area (Å²) >= 11 is 0. The van der Waals surface area contributed by atoms with Crippen LogP contribution in [0.1, 0.15) is 89.1 Å². The molecular formula is C30H39N7O. The van der Waals surface area contributed by atoms with Gasteiger partial charge in [0, 0.05) is 29.7 Å². The van der Waals surface area contributed by atoms with Crippen LogP contribution in [0.15, 0.2) is 53.6 Å². The van der Waals surface area contributed by atoms with E-state index in [0.717, 1.165) is 53.8 Å². The van der Waals surface area contributed by atoms with Crippen LogP contribution in [0.3, 0.4) is 0 Å². The molecule has 3 heterocycles. The van der Waals surface area contributed by atoms with Gasteiger partial charge in [0.2, 0.25) is 5.82 Å². The second-order valence-corrected chi connectivity index (χ2v) is 10.6. The molecule has 8 nitrogen and oxygen atoms in total. The highest BCUT2D eigenvalue weighted by Gasteiger charge is 2.27. The van der Waals surface area contributed by atoms with Crippen molar-refractivity contribution in [3.8, 4) is 22.5 Å². The van der Waals surface area contributed by atoms with E-state index in [4.69, 9.17) is 0 Å². The molecule has 2 unspecified atom stereocenters. The molecule has 2 atom stereocenters. The highest BCUT2D eigenvalue weighted by molar-refractivity contribution is 5.70. The molecular weight excluding hydrogens is 474 g/mol. The second-order valence-electron chi connectivity index (χ2n) is 10.6. The number of tetrazole rings is 1. The number of rotatable bonds is 10. The van der Waals surface area contributed by atoms with E-state index in [1.807, 2.05) is 29.0 Å².